The van der Waals surface area contributed by atoms with E-state index in [2.05, 4.69) is 9.97 Å². The lowest BCUT2D eigenvalue weighted by atomic mass is 10.2. The number of hydrogen-bond acceptors (Lipinski definition) is 4. The Balaban J connectivity index is 3.21. The largest absolute Gasteiger partial charge is 0.493 e. The molecule has 14 heavy (non-hydrogen) atoms. The van der Waals surface area contributed by atoms with Gasteiger partial charge in [-0.25, -0.2) is 9.97 Å². The standard InChI is InChI=1S/C9H14N4O/c1-5(2)9-12-4-6(14-3)7(13-9)8(10)11/h4-5H,1-3H3,(H3,10,11). The van der Waals surface area contributed by atoms with Gasteiger partial charge in [-0.3, -0.25) is 5.41 Å². The van der Waals surface area contributed by atoms with Gasteiger partial charge in [-0.15, -0.1) is 0 Å². The fraction of sp³-hybridized carbons (Fsp3) is 0.444. The average Bonchev–Trinajstić information content (AvgIpc) is 2.16. The normalized spacial score (nSPS) is 10.3. The summed E-state index contributed by atoms with van der Waals surface area (Å²) in [6.45, 7) is 3.96. The summed E-state index contributed by atoms with van der Waals surface area (Å²) in [6.07, 6.45) is 1.54. The maximum absolute atomic E-state index is 7.32. The maximum Gasteiger partial charge on any atom is 0.166 e. The van der Waals surface area contributed by atoms with E-state index in [4.69, 9.17) is 15.9 Å². The van der Waals surface area contributed by atoms with E-state index in [0.717, 1.165) is 0 Å². The molecule has 3 N–H and O–H groups in total. The topological polar surface area (TPSA) is 84.9 Å². The van der Waals surface area contributed by atoms with E-state index in [0.29, 0.717) is 17.3 Å². The molecular weight excluding hydrogens is 180 g/mol. The molecule has 0 aliphatic carbocycles. The number of nitrogens with zero attached hydrogens (tertiary/aromatic N) is 2. The fourth-order valence-electron chi connectivity index (χ4n) is 1.00. The number of methoxy groups -OCH3 is 1. The van der Waals surface area contributed by atoms with E-state index in [-0.39, 0.29) is 11.8 Å². The number of ether oxygens (including phenoxy) is 1. The minimum atomic E-state index is -0.105. The number of nitrogens with one attached hydrogen (secondary N) is 1. The van der Waals surface area contributed by atoms with Crippen LogP contribution in [0.5, 0.6) is 5.75 Å². The number of amidine groups is 1. The van der Waals surface area contributed by atoms with Gasteiger partial charge in [-0.05, 0) is 0 Å². The molecule has 5 heteroatoms. The smallest absolute Gasteiger partial charge is 0.166 e. The molecule has 0 amide bonds. The maximum atomic E-state index is 7.32. The second-order valence-electron chi connectivity index (χ2n) is 3.21. The van der Waals surface area contributed by atoms with Crippen LogP contribution in [0.15, 0.2) is 6.20 Å². The first-order chi connectivity index (χ1) is 6.56. The SMILES string of the molecule is COc1cnc(C(C)C)nc1C(=N)N. The summed E-state index contributed by atoms with van der Waals surface area (Å²) in [5.41, 5.74) is 5.73. The Morgan fingerprint density at radius 2 is 2.21 bits per heavy atom. The van der Waals surface area contributed by atoms with E-state index < -0.39 is 0 Å². The van der Waals surface area contributed by atoms with E-state index in [1.807, 2.05) is 13.8 Å². The molecule has 76 valence electrons. The molecule has 0 aliphatic heterocycles. The van der Waals surface area contributed by atoms with Gasteiger partial charge in [0.1, 0.15) is 11.7 Å². The van der Waals surface area contributed by atoms with Crippen LogP contribution >= 0.6 is 0 Å². The molecule has 0 unspecified atom stereocenters. The minimum absolute atomic E-state index is 0.105. The van der Waals surface area contributed by atoms with Crippen molar-refractivity contribution >= 4 is 5.84 Å². The third-order valence-corrected chi connectivity index (χ3v) is 1.77. The van der Waals surface area contributed by atoms with Gasteiger partial charge in [0.15, 0.2) is 11.4 Å². The summed E-state index contributed by atoms with van der Waals surface area (Å²) < 4.78 is 5.00. The highest BCUT2D eigenvalue weighted by Gasteiger charge is 2.11. The number of nitrogen functional groups attached to an aromatic ring is 1. The van der Waals surface area contributed by atoms with Crippen molar-refractivity contribution < 1.29 is 4.74 Å². The number of nitrogens with two attached hydrogens (primary N) is 1. The molecule has 0 spiro atoms. The quantitative estimate of drug-likeness (QED) is 0.552. The van der Waals surface area contributed by atoms with E-state index in [1.54, 1.807) is 6.20 Å². The van der Waals surface area contributed by atoms with Gasteiger partial charge < -0.3 is 10.5 Å². The van der Waals surface area contributed by atoms with E-state index in [9.17, 15) is 0 Å². The molecule has 1 heterocycles. The van der Waals surface area contributed by atoms with Crippen molar-refractivity contribution in [3.8, 4) is 5.75 Å². The second-order valence-corrected chi connectivity index (χ2v) is 3.21. The van der Waals surface area contributed by atoms with Gasteiger partial charge in [-0.1, -0.05) is 13.8 Å². The lowest BCUT2D eigenvalue weighted by molar-refractivity contribution is 0.408. The summed E-state index contributed by atoms with van der Waals surface area (Å²) in [5.74, 6) is 1.20. The lowest BCUT2D eigenvalue weighted by Crippen LogP contribution is -2.16. The Hall–Kier alpha value is -1.65. The minimum Gasteiger partial charge on any atom is -0.493 e. The predicted octanol–water partition coefficient (Wildman–Crippen LogP) is 0.893. The highest BCUT2D eigenvalue weighted by Crippen LogP contribution is 2.17. The van der Waals surface area contributed by atoms with Gasteiger partial charge in [-0.2, -0.15) is 0 Å². The molecule has 0 saturated heterocycles. The van der Waals surface area contributed by atoms with Crippen molar-refractivity contribution in [3.63, 3.8) is 0 Å². The first kappa shape index (κ1) is 10.4. The van der Waals surface area contributed by atoms with Crippen molar-refractivity contribution in [2.24, 2.45) is 5.73 Å². The summed E-state index contributed by atoms with van der Waals surface area (Å²) in [4.78, 5) is 8.26. The Kier molecular flexibility index (Phi) is 3.01. The first-order valence-electron chi connectivity index (χ1n) is 4.31. The molecule has 5 nitrogen and oxygen atoms in total. The van der Waals surface area contributed by atoms with E-state index in [1.165, 1.54) is 7.11 Å². The van der Waals surface area contributed by atoms with Crippen LogP contribution in [0.4, 0.5) is 0 Å². The third kappa shape index (κ3) is 1.99. The lowest BCUT2D eigenvalue weighted by Gasteiger charge is -2.09. The Morgan fingerprint density at radius 1 is 1.57 bits per heavy atom. The molecule has 0 bridgehead atoms. The summed E-state index contributed by atoms with van der Waals surface area (Å²) in [6, 6.07) is 0. The van der Waals surface area contributed by atoms with Crippen molar-refractivity contribution in [3.05, 3.63) is 17.7 Å². The molecule has 1 aromatic heterocycles. The van der Waals surface area contributed by atoms with Crippen LogP contribution in [0.1, 0.15) is 31.3 Å². The average molecular weight is 194 g/mol. The Bertz CT molecular complexity index is 349. The summed E-state index contributed by atoms with van der Waals surface area (Å²) >= 11 is 0. The molecule has 1 aromatic rings. The van der Waals surface area contributed by atoms with Crippen molar-refractivity contribution in [1.29, 1.82) is 5.41 Å². The Labute approximate surface area is 82.8 Å². The molecular formula is C9H14N4O. The van der Waals surface area contributed by atoms with Crippen molar-refractivity contribution in [2.75, 3.05) is 7.11 Å². The first-order valence-corrected chi connectivity index (χ1v) is 4.31. The van der Waals surface area contributed by atoms with E-state index >= 15 is 0 Å². The summed E-state index contributed by atoms with van der Waals surface area (Å²) in [7, 11) is 1.50. The third-order valence-electron chi connectivity index (χ3n) is 1.77. The number of hydrogen-bond donors (Lipinski definition) is 2. The molecule has 1 rings (SSSR count). The highest BCUT2D eigenvalue weighted by molar-refractivity contribution is 5.95. The zero-order valence-corrected chi connectivity index (χ0v) is 8.53. The van der Waals surface area contributed by atoms with Crippen molar-refractivity contribution in [2.45, 2.75) is 19.8 Å². The molecule has 0 aromatic carbocycles. The monoisotopic (exact) mass is 194 g/mol. The van der Waals surface area contributed by atoms with Crippen molar-refractivity contribution in [1.82, 2.24) is 9.97 Å². The van der Waals surface area contributed by atoms with Crippen LogP contribution in [0.2, 0.25) is 0 Å². The Morgan fingerprint density at radius 3 is 2.64 bits per heavy atom. The summed E-state index contributed by atoms with van der Waals surface area (Å²) in [5, 5.41) is 7.32. The second kappa shape index (κ2) is 4.04. The van der Waals surface area contributed by atoms with Crippen LogP contribution in [-0.4, -0.2) is 22.9 Å². The van der Waals surface area contributed by atoms with Gasteiger partial charge in [0, 0.05) is 5.92 Å². The predicted molar refractivity (Wildman–Crippen MR) is 53.7 cm³/mol. The number of aromatic nitrogens is 2. The van der Waals surface area contributed by atoms with Gasteiger partial charge >= 0.3 is 0 Å². The number of rotatable bonds is 3. The van der Waals surface area contributed by atoms with Gasteiger partial charge in [0.25, 0.3) is 0 Å². The zero-order valence-electron chi connectivity index (χ0n) is 8.53. The molecule has 0 radical (unpaired) electrons. The zero-order chi connectivity index (χ0) is 10.7. The fourth-order valence-corrected chi connectivity index (χ4v) is 1.00. The van der Waals surface area contributed by atoms with Gasteiger partial charge in [0.2, 0.25) is 0 Å². The van der Waals surface area contributed by atoms with Gasteiger partial charge in [0.05, 0.1) is 13.3 Å². The van der Waals surface area contributed by atoms with Crippen LogP contribution in [0, 0.1) is 5.41 Å². The molecule has 0 atom stereocenters. The van der Waals surface area contributed by atoms with Crippen LogP contribution < -0.4 is 10.5 Å². The molecule has 0 fully saturated rings. The highest BCUT2D eigenvalue weighted by atomic mass is 16.5. The van der Waals surface area contributed by atoms with Crippen LogP contribution in [0.3, 0.4) is 0 Å². The molecule has 0 aliphatic rings. The molecule has 0 saturated carbocycles. The van der Waals surface area contributed by atoms with Crippen LogP contribution in [-0.2, 0) is 0 Å². The van der Waals surface area contributed by atoms with Crippen LogP contribution in [0.25, 0.3) is 0 Å².